The number of para-hydroxylation sites is 2. The van der Waals surface area contributed by atoms with Crippen molar-refractivity contribution in [1.29, 1.82) is 0 Å². The normalized spacial score (nSPS) is 14.9. The van der Waals surface area contributed by atoms with E-state index in [-0.39, 0.29) is 27.3 Å². The smallest absolute Gasteiger partial charge is 0.270 e. The first kappa shape index (κ1) is 26.3. The number of aromatic hydroxyl groups is 1. The molecule has 1 saturated heterocycles. The minimum absolute atomic E-state index is 0.00767. The van der Waals surface area contributed by atoms with Gasteiger partial charge in [0.1, 0.15) is 11.3 Å². The van der Waals surface area contributed by atoms with Crippen molar-refractivity contribution in [2.24, 2.45) is 0 Å². The van der Waals surface area contributed by atoms with Crippen LogP contribution in [0.5, 0.6) is 5.75 Å². The van der Waals surface area contributed by atoms with Crippen molar-refractivity contribution in [2.45, 2.75) is 52.4 Å². The molecule has 190 valence electrons. The van der Waals surface area contributed by atoms with Crippen LogP contribution in [0.25, 0.3) is 6.08 Å². The van der Waals surface area contributed by atoms with Gasteiger partial charge in [-0.25, -0.2) is 0 Å². The van der Waals surface area contributed by atoms with Crippen LogP contribution in [0.4, 0.5) is 11.4 Å². The number of phenols is 1. The fourth-order valence-corrected chi connectivity index (χ4v) is 4.77. The monoisotopic (exact) mass is 512 g/mol. The minimum atomic E-state index is -0.490. The van der Waals surface area contributed by atoms with E-state index in [1.165, 1.54) is 9.80 Å². The Labute approximate surface area is 224 Å². The number of carbonyl (C=O) groups is 2. The molecule has 0 unspecified atom stereocenters. The molecule has 0 aliphatic carbocycles. The van der Waals surface area contributed by atoms with Crippen LogP contribution in [-0.4, -0.2) is 22.0 Å². The van der Waals surface area contributed by atoms with Crippen LogP contribution in [0.1, 0.15) is 58.2 Å². The number of phenolic OH excluding ortho intramolecular Hbond substituents is 1. The second-order valence-corrected chi connectivity index (χ2v) is 11.6. The molecular weight excluding hydrogens is 480 g/mol. The van der Waals surface area contributed by atoms with Gasteiger partial charge >= 0.3 is 0 Å². The lowest BCUT2D eigenvalue weighted by molar-refractivity contribution is -0.120. The van der Waals surface area contributed by atoms with Gasteiger partial charge in [-0.1, -0.05) is 77.9 Å². The molecule has 37 heavy (non-hydrogen) atoms. The van der Waals surface area contributed by atoms with Crippen LogP contribution in [0.3, 0.4) is 0 Å². The van der Waals surface area contributed by atoms with Gasteiger partial charge in [-0.2, -0.15) is 0 Å². The first-order valence-corrected chi connectivity index (χ1v) is 12.6. The van der Waals surface area contributed by atoms with E-state index in [1.54, 1.807) is 30.3 Å². The van der Waals surface area contributed by atoms with Crippen LogP contribution in [0.15, 0.2) is 78.4 Å². The number of nitrogens with zero attached hydrogens (tertiary/aromatic N) is 2. The van der Waals surface area contributed by atoms with Crippen LogP contribution >= 0.6 is 12.2 Å². The minimum Gasteiger partial charge on any atom is -0.507 e. The molecule has 1 heterocycles. The Hall–Kier alpha value is -3.77. The van der Waals surface area contributed by atoms with E-state index < -0.39 is 11.8 Å². The SMILES string of the molecule is CC(C)(C)c1cc(C=C2C(=O)N(c3ccccc3)C(=S)N(c3ccccc3)C2=O)cc(C(C)(C)C)c1O. The summed E-state index contributed by atoms with van der Waals surface area (Å²) >= 11 is 5.69. The molecule has 3 aromatic rings. The van der Waals surface area contributed by atoms with Gasteiger partial charge in [-0.05, 0) is 71.1 Å². The molecule has 5 nitrogen and oxygen atoms in total. The predicted molar refractivity (Wildman–Crippen MR) is 154 cm³/mol. The van der Waals surface area contributed by atoms with Crippen molar-refractivity contribution >= 4 is 46.6 Å². The molecule has 6 heteroatoms. The first-order chi connectivity index (χ1) is 17.3. The molecule has 0 aromatic heterocycles. The fraction of sp³-hybridized carbons (Fsp3) is 0.258. The fourth-order valence-electron chi connectivity index (χ4n) is 4.39. The number of thiocarbonyl (C=S) groups is 1. The van der Waals surface area contributed by atoms with Gasteiger partial charge in [0.05, 0.1) is 11.4 Å². The number of benzene rings is 3. The zero-order valence-electron chi connectivity index (χ0n) is 22.1. The summed E-state index contributed by atoms with van der Waals surface area (Å²) in [5.74, 6) is -0.742. The summed E-state index contributed by atoms with van der Waals surface area (Å²) < 4.78 is 0. The molecule has 3 aromatic carbocycles. The van der Waals surface area contributed by atoms with Gasteiger partial charge in [0.15, 0.2) is 5.11 Å². The molecule has 1 N–H and O–H groups in total. The maximum atomic E-state index is 13.8. The highest BCUT2D eigenvalue weighted by molar-refractivity contribution is 7.81. The van der Waals surface area contributed by atoms with Crippen molar-refractivity contribution in [3.8, 4) is 5.75 Å². The molecular formula is C31H32N2O3S. The Balaban J connectivity index is 1.95. The predicted octanol–water partition coefficient (Wildman–Crippen LogP) is 6.74. The van der Waals surface area contributed by atoms with E-state index in [1.807, 2.05) is 90.1 Å². The molecule has 1 fully saturated rings. The summed E-state index contributed by atoms with van der Waals surface area (Å²) in [4.78, 5) is 30.5. The number of hydrogen-bond acceptors (Lipinski definition) is 4. The standard InChI is InChI=1S/C31H32N2O3S/c1-30(2,3)24-18-20(19-25(26(24)34)31(4,5)6)17-23-27(35)32(21-13-9-7-10-14-21)29(37)33(28(23)36)22-15-11-8-12-16-22/h7-19,34H,1-6H3. The van der Waals surface area contributed by atoms with Crippen LogP contribution in [-0.2, 0) is 20.4 Å². The molecule has 1 aliphatic rings. The zero-order chi connectivity index (χ0) is 27.1. The Morgan fingerprint density at radius 1 is 0.703 bits per heavy atom. The van der Waals surface area contributed by atoms with E-state index in [2.05, 4.69) is 0 Å². The Morgan fingerprint density at radius 3 is 1.43 bits per heavy atom. The lowest BCUT2D eigenvalue weighted by Crippen LogP contribution is -2.56. The largest absolute Gasteiger partial charge is 0.507 e. The molecule has 0 atom stereocenters. The molecule has 0 saturated carbocycles. The van der Waals surface area contributed by atoms with E-state index >= 15 is 0 Å². The molecule has 0 bridgehead atoms. The van der Waals surface area contributed by atoms with Gasteiger partial charge in [-0.3, -0.25) is 19.4 Å². The van der Waals surface area contributed by atoms with Crippen molar-refractivity contribution in [3.05, 3.63) is 95.1 Å². The van der Waals surface area contributed by atoms with Gasteiger partial charge < -0.3 is 5.11 Å². The van der Waals surface area contributed by atoms with Crippen LogP contribution in [0, 0.1) is 0 Å². The zero-order valence-corrected chi connectivity index (χ0v) is 22.9. The molecule has 0 radical (unpaired) electrons. The molecule has 2 amide bonds. The van der Waals surface area contributed by atoms with Gasteiger partial charge in [0, 0.05) is 11.1 Å². The Morgan fingerprint density at radius 2 is 1.08 bits per heavy atom. The summed E-state index contributed by atoms with van der Waals surface area (Å²) in [6.45, 7) is 12.1. The number of carbonyl (C=O) groups excluding carboxylic acids is 2. The number of hydrogen-bond donors (Lipinski definition) is 1. The maximum Gasteiger partial charge on any atom is 0.270 e. The summed E-state index contributed by atoms with van der Waals surface area (Å²) in [7, 11) is 0. The lowest BCUT2D eigenvalue weighted by atomic mass is 9.78. The van der Waals surface area contributed by atoms with Crippen molar-refractivity contribution in [3.63, 3.8) is 0 Å². The van der Waals surface area contributed by atoms with Gasteiger partial charge in [0.25, 0.3) is 11.8 Å². The molecule has 4 rings (SSSR count). The Kier molecular flexibility index (Phi) is 6.82. The third kappa shape index (κ3) is 5.07. The highest BCUT2D eigenvalue weighted by Gasteiger charge is 2.41. The van der Waals surface area contributed by atoms with Gasteiger partial charge in [-0.15, -0.1) is 0 Å². The summed E-state index contributed by atoms with van der Waals surface area (Å²) in [6.07, 6.45) is 1.61. The van der Waals surface area contributed by atoms with Crippen LogP contribution in [0.2, 0.25) is 0 Å². The summed E-state index contributed by atoms with van der Waals surface area (Å²) in [5.41, 5.74) is 2.60. The summed E-state index contributed by atoms with van der Waals surface area (Å²) in [6, 6.07) is 21.9. The maximum absolute atomic E-state index is 13.8. The molecule has 0 spiro atoms. The molecule has 1 aliphatic heterocycles. The van der Waals surface area contributed by atoms with Crippen molar-refractivity contribution < 1.29 is 14.7 Å². The van der Waals surface area contributed by atoms with Gasteiger partial charge in [0.2, 0.25) is 0 Å². The van der Waals surface area contributed by atoms with Crippen molar-refractivity contribution in [2.75, 3.05) is 9.80 Å². The van der Waals surface area contributed by atoms with E-state index in [9.17, 15) is 14.7 Å². The highest BCUT2D eigenvalue weighted by atomic mass is 32.1. The third-order valence-electron chi connectivity index (χ3n) is 6.34. The number of anilines is 2. The third-order valence-corrected chi connectivity index (χ3v) is 6.70. The van der Waals surface area contributed by atoms with E-state index in [4.69, 9.17) is 12.2 Å². The van der Waals surface area contributed by atoms with Crippen molar-refractivity contribution in [1.82, 2.24) is 0 Å². The Bertz CT molecular complexity index is 1300. The van der Waals surface area contributed by atoms with Crippen LogP contribution < -0.4 is 9.80 Å². The lowest BCUT2D eigenvalue weighted by Gasteiger charge is -2.36. The number of amides is 2. The van der Waals surface area contributed by atoms with E-state index in [0.29, 0.717) is 16.9 Å². The highest BCUT2D eigenvalue weighted by Crippen LogP contribution is 2.40. The quantitative estimate of drug-likeness (QED) is 0.240. The number of rotatable bonds is 3. The first-order valence-electron chi connectivity index (χ1n) is 12.2. The van der Waals surface area contributed by atoms with E-state index in [0.717, 1.165) is 11.1 Å². The summed E-state index contributed by atoms with van der Waals surface area (Å²) in [5, 5.41) is 11.2. The second kappa shape index (κ2) is 9.60. The average Bonchev–Trinajstić information content (AvgIpc) is 2.82. The topological polar surface area (TPSA) is 60.9 Å². The average molecular weight is 513 g/mol. The second-order valence-electron chi connectivity index (χ2n) is 11.3.